The number of hydrogen-bond donors (Lipinski definition) is 1. The summed E-state index contributed by atoms with van der Waals surface area (Å²) >= 11 is 7.28. The molecule has 0 saturated heterocycles. The van der Waals surface area contributed by atoms with Crippen molar-refractivity contribution in [3.05, 3.63) is 50.7 Å². The van der Waals surface area contributed by atoms with Gasteiger partial charge in [0.05, 0.1) is 22.8 Å². The van der Waals surface area contributed by atoms with Crippen LogP contribution in [0, 0.1) is 0 Å². The molecule has 1 aromatic heterocycles. The molecule has 1 aliphatic carbocycles. The van der Waals surface area contributed by atoms with E-state index >= 15 is 0 Å². The molecule has 1 atom stereocenters. The molecule has 9 heteroatoms. The number of halogens is 1. The van der Waals surface area contributed by atoms with Gasteiger partial charge in [-0.15, -0.1) is 11.3 Å². The number of fused-ring (bicyclic) bond motifs is 1. The molecule has 3 rings (SSSR count). The number of nitrogens with one attached hydrogen (secondary N) is 1. The van der Waals surface area contributed by atoms with Crippen LogP contribution in [-0.4, -0.2) is 33.3 Å². The summed E-state index contributed by atoms with van der Waals surface area (Å²) in [5.41, 5.74) is 1.03. The summed E-state index contributed by atoms with van der Waals surface area (Å²) in [7, 11) is -3.64. The van der Waals surface area contributed by atoms with Crippen LogP contribution in [0.1, 0.15) is 58.6 Å². The first-order valence-corrected chi connectivity index (χ1v) is 12.5. The van der Waals surface area contributed by atoms with Crippen LogP contribution in [0.5, 0.6) is 0 Å². The molecule has 1 unspecified atom stereocenters. The van der Waals surface area contributed by atoms with Crippen molar-refractivity contribution >= 4 is 44.7 Å². The van der Waals surface area contributed by atoms with Gasteiger partial charge >= 0.3 is 5.97 Å². The number of Topliss-reactive ketones (excluding diaryl/α,β-unsaturated/α-hetero) is 1. The summed E-state index contributed by atoms with van der Waals surface area (Å²) in [4.78, 5) is 25.9. The van der Waals surface area contributed by atoms with Crippen LogP contribution in [0.25, 0.3) is 0 Å². The summed E-state index contributed by atoms with van der Waals surface area (Å²) in [6, 6.07) is 7.90. The van der Waals surface area contributed by atoms with Crippen molar-refractivity contribution in [3.8, 4) is 0 Å². The maximum absolute atomic E-state index is 12.6. The smallest absolute Gasteiger partial charge is 0.306 e. The van der Waals surface area contributed by atoms with Crippen molar-refractivity contribution in [1.82, 2.24) is 4.72 Å². The third kappa shape index (κ3) is 5.69. The van der Waals surface area contributed by atoms with Gasteiger partial charge in [-0.25, -0.2) is 13.1 Å². The molecular formula is C21H24ClNO5S2. The van der Waals surface area contributed by atoms with Gasteiger partial charge in [0.2, 0.25) is 10.0 Å². The number of carbonyl (C=O) groups excluding carboxylic acids is 2. The summed E-state index contributed by atoms with van der Waals surface area (Å²) in [6.07, 6.45) is 2.86. The molecule has 0 aliphatic heterocycles. The minimum absolute atomic E-state index is 0.0127. The van der Waals surface area contributed by atoms with E-state index in [2.05, 4.69) is 4.72 Å². The zero-order valence-corrected chi connectivity index (χ0v) is 19.0. The SMILES string of the molecule is CCOC(=O)CCC(=O)c1cc2c(s1)CCCC2CNS(=O)(=O)c1ccc(Cl)cc1. The number of aryl methyl sites for hydroxylation is 1. The fourth-order valence-corrected chi connectivity index (χ4v) is 5.94. The molecule has 1 N–H and O–H groups in total. The van der Waals surface area contributed by atoms with Gasteiger partial charge in [0.25, 0.3) is 0 Å². The maximum Gasteiger partial charge on any atom is 0.306 e. The molecule has 30 heavy (non-hydrogen) atoms. The Bertz CT molecular complexity index is 1010. The van der Waals surface area contributed by atoms with Gasteiger partial charge in [-0.1, -0.05) is 11.6 Å². The summed E-state index contributed by atoms with van der Waals surface area (Å²) < 4.78 is 32.7. The van der Waals surface area contributed by atoms with Crippen LogP contribution in [0.4, 0.5) is 0 Å². The number of ether oxygens (including phenoxy) is 1. The number of rotatable bonds is 9. The predicted molar refractivity (Wildman–Crippen MR) is 117 cm³/mol. The van der Waals surface area contributed by atoms with Crippen LogP contribution >= 0.6 is 22.9 Å². The second-order valence-electron chi connectivity index (χ2n) is 7.11. The predicted octanol–water partition coefficient (Wildman–Crippen LogP) is 4.33. The quantitative estimate of drug-likeness (QED) is 0.436. The Balaban J connectivity index is 1.66. The lowest BCUT2D eigenvalue weighted by Crippen LogP contribution is -2.29. The van der Waals surface area contributed by atoms with Crippen molar-refractivity contribution in [2.75, 3.05) is 13.2 Å². The minimum Gasteiger partial charge on any atom is -0.466 e. The highest BCUT2D eigenvalue weighted by atomic mass is 35.5. The van der Waals surface area contributed by atoms with Gasteiger partial charge in [0.15, 0.2) is 5.78 Å². The molecule has 0 bridgehead atoms. The number of benzene rings is 1. The lowest BCUT2D eigenvalue weighted by molar-refractivity contribution is -0.143. The van der Waals surface area contributed by atoms with E-state index in [0.717, 1.165) is 29.7 Å². The van der Waals surface area contributed by atoms with E-state index in [1.807, 2.05) is 6.07 Å². The molecule has 0 spiro atoms. The zero-order valence-electron chi connectivity index (χ0n) is 16.6. The van der Waals surface area contributed by atoms with E-state index in [1.165, 1.54) is 23.5 Å². The highest BCUT2D eigenvalue weighted by Gasteiger charge is 2.26. The van der Waals surface area contributed by atoms with E-state index in [-0.39, 0.29) is 42.0 Å². The van der Waals surface area contributed by atoms with Crippen molar-refractivity contribution in [1.29, 1.82) is 0 Å². The first kappa shape index (κ1) is 22.9. The third-order valence-electron chi connectivity index (χ3n) is 5.02. The Morgan fingerprint density at radius 1 is 1.23 bits per heavy atom. The summed E-state index contributed by atoms with van der Waals surface area (Å²) in [5.74, 6) is -0.441. The summed E-state index contributed by atoms with van der Waals surface area (Å²) in [5, 5.41) is 0.476. The number of hydrogen-bond acceptors (Lipinski definition) is 6. The Hall–Kier alpha value is -1.74. The Labute approximate surface area is 185 Å². The molecule has 6 nitrogen and oxygen atoms in total. The highest BCUT2D eigenvalue weighted by molar-refractivity contribution is 7.89. The first-order valence-electron chi connectivity index (χ1n) is 9.87. The van der Waals surface area contributed by atoms with Crippen LogP contribution in [0.3, 0.4) is 0 Å². The van der Waals surface area contributed by atoms with E-state index in [9.17, 15) is 18.0 Å². The van der Waals surface area contributed by atoms with Crippen LogP contribution < -0.4 is 4.72 Å². The number of ketones is 1. The van der Waals surface area contributed by atoms with E-state index in [4.69, 9.17) is 16.3 Å². The average molecular weight is 470 g/mol. The summed E-state index contributed by atoms with van der Waals surface area (Å²) in [6.45, 7) is 2.30. The van der Waals surface area contributed by atoms with Gasteiger partial charge in [-0.05, 0) is 68.0 Å². The largest absolute Gasteiger partial charge is 0.466 e. The lowest BCUT2D eigenvalue weighted by atomic mass is 9.87. The lowest BCUT2D eigenvalue weighted by Gasteiger charge is -2.22. The Morgan fingerprint density at radius 3 is 2.67 bits per heavy atom. The molecule has 0 fully saturated rings. The fraction of sp³-hybridized carbons (Fsp3) is 0.429. The van der Waals surface area contributed by atoms with Gasteiger partial charge in [-0.2, -0.15) is 0 Å². The van der Waals surface area contributed by atoms with E-state index in [1.54, 1.807) is 19.1 Å². The maximum atomic E-state index is 12.6. The van der Waals surface area contributed by atoms with E-state index in [0.29, 0.717) is 16.5 Å². The monoisotopic (exact) mass is 469 g/mol. The molecule has 2 aromatic rings. The molecule has 0 amide bonds. The van der Waals surface area contributed by atoms with Crippen LogP contribution in [0.15, 0.2) is 35.2 Å². The number of sulfonamides is 1. The normalized spacial score (nSPS) is 16.1. The number of thiophene rings is 1. The Morgan fingerprint density at radius 2 is 1.97 bits per heavy atom. The third-order valence-corrected chi connectivity index (χ3v) is 7.96. The Kier molecular flexibility index (Phi) is 7.68. The molecule has 0 radical (unpaired) electrons. The van der Waals surface area contributed by atoms with Crippen molar-refractivity contribution in [2.24, 2.45) is 0 Å². The molecule has 0 saturated carbocycles. The van der Waals surface area contributed by atoms with Gasteiger partial charge in [-0.3, -0.25) is 9.59 Å². The molecule has 1 aliphatic rings. The van der Waals surface area contributed by atoms with Crippen LogP contribution in [-0.2, 0) is 26.0 Å². The second-order valence-corrected chi connectivity index (χ2v) is 10.5. The van der Waals surface area contributed by atoms with Gasteiger partial charge < -0.3 is 4.74 Å². The number of esters is 1. The van der Waals surface area contributed by atoms with Gasteiger partial charge in [0, 0.05) is 22.9 Å². The fourth-order valence-electron chi connectivity index (χ4n) is 3.48. The minimum atomic E-state index is -3.64. The van der Waals surface area contributed by atoms with Crippen molar-refractivity contribution in [3.63, 3.8) is 0 Å². The second kappa shape index (κ2) is 10.0. The van der Waals surface area contributed by atoms with Crippen molar-refractivity contribution in [2.45, 2.75) is 49.8 Å². The average Bonchev–Trinajstić information content (AvgIpc) is 3.16. The molecule has 1 heterocycles. The topological polar surface area (TPSA) is 89.5 Å². The molecule has 1 aromatic carbocycles. The highest BCUT2D eigenvalue weighted by Crippen LogP contribution is 2.37. The van der Waals surface area contributed by atoms with Crippen molar-refractivity contribution < 1.29 is 22.7 Å². The molecular weight excluding hydrogens is 446 g/mol. The first-order chi connectivity index (χ1) is 14.3. The zero-order chi connectivity index (χ0) is 21.7. The molecule has 162 valence electrons. The van der Waals surface area contributed by atoms with Gasteiger partial charge in [0.1, 0.15) is 0 Å². The van der Waals surface area contributed by atoms with E-state index < -0.39 is 10.0 Å². The number of carbonyl (C=O) groups is 2. The standard InChI is InChI=1S/C21H24ClNO5S2/c1-2-28-21(25)11-10-18(24)20-12-17-14(4-3-5-19(17)29-20)13-23-30(26,27)16-8-6-15(22)7-9-16/h6-9,12,14,23H,2-5,10-11,13H2,1H3. The van der Waals surface area contributed by atoms with Crippen LogP contribution in [0.2, 0.25) is 5.02 Å².